The summed E-state index contributed by atoms with van der Waals surface area (Å²) in [5.74, 6) is 5.90. The summed E-state index contributed by atoms with van der Waals surface area (Å²) in [5.41, 5.74) is 11.7. The molecular weight excluding hydrogens is 284 g/mol. The first-order chi connectivity index (χ1) is 9.50. The minimum Gasteiger partial charge on any atom is -0.452 e. The molecule has 1 amide bonds. The largest absolute Gasteiger partial charge is 0.452 e. The summed E-state index contributed by atoms with van der Waals surface area (Å²) in [6.07, 6.45) is -0.690. The minimum absolute atomic E-state index is 0.0573. The topological polar surface area (TPSA) is 96.8 Å². The van der Waals surface area contributed by atoms with Crippen molar-refractivity contribution in [2.24, 2.45) is 5.73 Å². The Morgan fingerprint density at radius 1 is 1.55 bits per heavy atom. The van der Waals surface area contributed by atoms with Gasteiger partial charge in [-0.2, -0.15) is 0 Å². The van der Waals surface area contributed by atoms with Crippen LogP contribution >= 0.6 is 11.6 Å². The summed E-state index contributed by atoms with van der Waals surface area (Å²) >= 11 is 5.98. The van der Waals surface area contributed by atoms with Crippen LogP contribution in [0.25, 0.3) is 0 Å². The molecule has 1 aromatic rings. The smallest absolute Gasteiger partial charge is 0.246 e. The quantitative estimate of drug-likeness (QED) is 0.638. The molecule has 1 unspecified atom stereocenters. The Balaban J connectivity index is 2.14. The van der Waals surface area contributed by atoms with Crippen LogP contribution in [0, 0.1) is 11.8 Å². The molecule has 6 nitrogen and oxygen atoms in total. The molecule has 0 spiro atoms. The van der Waals surface area contributed by atoms with Gasteiger partial charge in [-0.25, -0.2) is 0 Å². The zero-order valence-corrected chi connectivity index (χ0v) is 11.5. The standard InChI is InChI=1S/C13H13ClN2O4/c1-7(13(16)17)18-4-2-3-8-5-9(14)10(15)12-11(8)19-6-20-12/h5,7H,4,6,15H2,1H3,(H2,16,17). The molecule has 0 saturated heterocycles. The van der Waals surface area contributed by atoms with Gasteiger partial charge in [0.25, 0.3) is 0 Å². The van der Waals surface area contributed by atoms with Gasteiger partial charge in [-0.3, -0.25) is 4.79 Å². The maximum absolute atomic E-state index is 10.8. The van der Waals surface area contributed by atoms with Crippen molar-refractivity contribution >= 4 is 23.2 Å². The first kappa shape index (κ1) is 14.3. The van der Waals surface area contributed by atoms with Crippen LogP contribution < -0.4 is 20.9 Å². The van der Waals surface area contributed by atoms with Gasteiger partial charge in [0.05, 0.1) is 16.3 Å². The van der Waals surface area contributed by atoms with Gasteiger partial charge >= 0.3 is 0 Å². The highest BCUT2D eigenvalue weighted by Crippen LogP contribution is 2.44. The van der Waals surface area contributed by atoms with Crippen LogP contribution in [-0.4, -0.2) is 25.4 Å². The van der Waals surface area contributed by atoms with Crippen LogP contribution in [-0.2, 0) is 9.53 Å². The van der Waals surface area contributed by atoms with Crippen molar-refractivity contribution < 1.29 is 19.0 Å². The highest BCUT2D eigenvalue weighted by atomic mass is 35.5. The summed E-state index contributed by atoms with van der Waals surface area (Å²) < 4.78 is 15.7. The van der Waals surface area contributed by atoms with Crippen molar-refractivity contribution in [1.29, 1.82) is 0 Å². The Kier molecular flexibility index (Phi) is 4.23. The molecule has 1 atom stereocenters. The third-order valence-corrected chi connectivity index (χ3v) is 2.97. The first-order valence-corrected chi connectivity index (χ1v) is 6.16. The fourth-order valence-electron chi connectivity index (χ4n) is 1.53. The fourth-order valence-corrected chi connectivity index (χ4v) is 1.72. The summed E-state index contributed by atoms with van der Waals surface area (Å²) in [6.45, 7) is 1.68. The number of amides is 1. The Morgan fingerprint density at radius 3 is 2.95 bits per heavy atom. The molecule has 20 heavy (non-hydrogen) atoms. The summed E-state index contributed by atoms with van der Waals surface area (Å²) in [5, 5.41) is 0.338. The average molecular weight is 297 g/mol. The molecule has 0 aliphatic carbocycles. The van der Waals surface area contributed by atoms with E-state index in [0.717, 1.165) is 0 Å². The number of nitrogens with two attached hydrogens (primary N) is 2. The lowest BCUT2D eigenvalue weighted by Crippen LogP contribution is -2.28. The van der Waals surface area contributed by atoms with E-state index >= 15 is 0 Å². The number of hydrogen-bond donors (Lipinski definition) is 2. The fraction of sp³-hybridized carbons (Fsp3) is 0.308. The van der Waals surface area contributed by atoms with E-state index < -0.39 is 12.0 Å². The Bertz CT molecular complexity index is 607. The van der Waals surface area contributed by atoms with Gasteiger partial charge in [0.15, 0.2) is 11.5 Å². The predicted molar refractivity (Wildman–Crippen MR) is 73.5 cm³/mol. The van der Waals surface area contributed by atoms with E-state index in [0.29, 0.717) is 27.8 Å². The lowest BCUT2D eigenvalue weighted by molar-refractivity contribution is -0.127. The second-order valence-corrected chi connectivity index (χ2v) is 4.45. The number of halogens is 1. The molecule has 0 radical (unpaired) electrons. The number of rotatable bonds is 3. The Hall–Kier alpha value is -2.10. The Morgan fingerprint density at radius 2 is 2.25 bits per heavy atom. The number of anilines is 1. The number of carbonyl (C=O) groups is 1. The van der Waals surface area contributed by atoms with Crippen LogP contribution in [0.1, 0.15) is 12.5 Å². The van der Waals surface area contributed by atoms with Crippen molar-refractivity contribution in [3.63, 3.8) is 0 Å². The zero-order valence-electron chi connectivity index (χ0n) is 10.7. The maximum atomic E-state index is 10.8. The molecular formula is C13H13ClN2O4. The van der Waals surface area contributed by atoms with E-state index in [-0.39, 0.29) is 13.4 Å². The van der Waals surface area contributed by atoms with Gasteiger partial charge in [0.1, 0.15) is 12.7 Å². The molecule has 0 bridgehead atoms. The van der Waals surface area contributed by atoms with Gasteiger partial charge in [0.2, 0.25) is 12.7 Å². The monoisotopic (exact) mass is 296 g/mol. The number of fused-ring (bicyclic) bond motifs is 1. The molecule has 2 rings (SSSR count). The van der Waals surface area contributed by atoms with E-state index in [1.807, 2.05) is 0 Å². The highest BCUT2D eigenvalue weighted by Gasteiger charge is 2.22. The minimum atomic E-state index is -0.690. The lowest BCUT2D eigenvalue weighted by atomic mass is 10.1. The molecule has 1 aromatic carbocycles. The number of carbonyl (C=O) groups excluding carboxylic acids is 1. The number of hydrogen-bond acceptors (Lipinski definition) is 5. The lowest BCUT2D eigenvalue weighted by Gasteiger charge is -2.06. The van der Waals surface area contributed by atoms with Gasteiger partial charge in [-0.1, -0.05) is 23.4 Å². The van der Waals surface area contributed by atoms with Gasteiger partial charge in [0, 0.05) is 0 Å². The second-order valence-electron chi connectivity index (χ2n) is 4.04. The highest BCUT2D eigenvalue weighted by molar-refractivity contribution is 6.33. The molecule has 0 fully saturated rings. The number of primary amides is 1. The molecule has 0 saturated carbocycles. The van der Waals surface area contributed by atoms with Crippen molar-refractivity contribution in [2.45, 2.75) is 13.0 Å². The number of ether oxygens (including phenoxy) is 3. The second kappa shape index (κ2) is 5.90. The third-order valence-electron chi connectivity index (χ3n) is 2.66. The molecule has 4 N–H and O–H groups in total. The third kappa shape index (κ3) is 2.90. The molecule has 1 aliphatic heterocycles. The number of nitrogen functional groups attached to an aromatic ring is 1. The van der Waals surface area contributed by atoms with Crippen LogP contribution in [0.3, 0.4) is 0 Å². The molecule has 1 aliphatic rings. The normalized spacial score (nSPS) is 13.5. The Labute approximate surface area is 120 Å². The summed E-state index contributed by atoms with van der Waals surface area (Å²) in [4.78, 5) is 10.8. The van der Waals surface area contributed by atoms with E-state index in [1.165, 1.54) is 0 Å². The van der Waals surface area contributed by atoms with Crippen molar-refractivity contribution in [2.75, 3.05) is 19.1 Å². The maximum Gasteiger partial charge on any atom is 0.246 e. The van der Waals surface area contributed by atoms with Gasteiger partial charge < -0.3 is 25.7 Å². The van der Waals surface area contributed by atoms with Crippen molar-refractivity contribution in [1.82, 2.24) is 0 Å². The van der Waals surface area contributed by atoms with Gasteiger partial charge in [-0.15, -0.1) is 0 Å². The van der Waals surface area contributed by atoms with Gasteiger partial charge in [-0.05, 0) is 13.0 Å². The van der Waals surface area contributed by atoms with Crippen molar-refractivity contribution in [3.8, 4) is 23.3 Å². The molecule has 106 valence electrons. The van der Waals surface area contributed by atoms with E-state index in [4.69, 9.17) is 37.3 Å². The molecule has 7 heteroatoms. The first-order valence-electron chi connectivity index (χ1n) is 5.78. The predicted octanol–water partition coefficient (Wildman–Crippen LogP) is 0.893. The van der Waals surface area contributed by atoms with E-state index in [9.17, 15) is 4.79 Å². The molecule has 1 heterocycles. The van der Waals surface area contributed by atoms with Crippen LogP contribution in [0.4, 0.5) is 5.69 Å². The van der Waals surface area contributed by atoms with E-state index in [1.54, 1.807) is 13.0 Å². The SMILES string of the molecule is CC(OCC#Cc1cc(Cl)c(N)c2c1OCO2)C(N)=O. The van der Waals surface area contributed by atoms with Crippen LogP contribution in [0.2, 0.25) is 5.02 Å². The number of benzene rings is 1. The average Bonchev–Trinajstić information content (AvgIpc) is 2.89. The van der Waals surface area contributed by atoms with Crippen LogP contribution in [0.15, 0.2) is 6.07 Å². The molecule has 0 aromatic heterocycles. The van der Waals surface area contributed by atoms with E-state index in [2.05, 4.69) is 11.8 Å². The van der Waals surface area contributed by atoms with Crippen LogP contribution in [0.5, 0.6) is 11.5 Å². The summed E-state index contributed by atoms with van der Waals surface area (Å²) in [6, 6.07) is 1.59. The van der Waals surface area contributed by atoms with Crippen molar-refractivity contribution in [3.05, 3.63) is 16.7 Å². The zero-order chi connectivity index (χ0) is 14.7. The summed E-state index contributed by atoms with van der Waals surface area (Å²) in [7, 11) is 0.